The van der Waals surface area contributed by atoms with E-state index in [1.807, 2.05) is 0 Å². The monoisotopic (exact) mass is 314 g/mol. The van der Waals surface area contributed by atoms with Crippen LogP contribution in [0.3, 0.4) is 0 Å². The molecule has 2 N–H and O–H groups in total. The molecule has 0 bridgehead atoms. The van der Waals surface area contributed by atoms with E-state index in [4.69, 9.17) is 0 Å². The lowest BCUT2D eigenvalue weighted by atomic mass is 9.83. The van der Waals surface area contributed by atoms with Gasteiger partial charge in [-0.25, -0.2) is 17.5 Å². The summed E-state index contributed by atoms with van der Waals surface area (Å²) in [5, 5.41) is 2.85. The number of hydrogen-bond donors (Lipinski definition) is 2. The number of aryl methyl sites for hydroxylation is 1. The Hall–Kier alpha value is -0.980. The van der Waals surface area contributed by atoms with Crippen molar-refractivity contribution in [1.29, 1.82) is 0 Å². The van der Waals surface area contributed by atoms with E-state index in [0.717, 1.165) is 6.42 Å². The zero-order valence-corrected chi connectivity index (χ0v) is 13.4. The van der Waals surface area contributed by atoms with Crippen molar-refractivity contribution in [2.75, 3.05) is 13.6 Å². The average molecular weight is 314 g/mol. The molecule has 0 aliphatic heterocycles. The van der Waals surface area contributed by atoms with Crippen molar-refractivity contribution >= 4 is 10.0 Å². The molecule has 0 spiro atoms. The number of hydrogen-bond acceptors (Lipinski definition) is 3. The van der Waals surface area contributed by atoms with Crippen LogP contribution in [0.25, 0.3) is 0 Å². The molecular formula is C15H23FN2O2S. The van der Waals surface area contributed by atoms with Crippen LogP contribution in [0.2, 0.25) is 0 Å². The molecule has 1 fully saturated rings. The van der Waals surface area contributed by atoms with Gasteiger partial charge in [-0.15, -0.1) is 0 Å². The second kappa shape index (κ2) is 6.85. The molecule has 0 saturated heterocycles. The van der Waals surface area contributed by atoms with Crippen LogP contribution >= 0.6 is 0 Å². The maximum absolute atomic E-state index is 13.9. The van der Waals surface area contributed by atoms with Crippen LogP contribution in [0.4, 0.5) is 4.39 Å². The highest BCUT2D eigenvalue weighted by molar-refractivity contribution is 7.89. The standard InChI is InChI=1S/C15H23FN2O2S/c1-11-8-14(9-13(10-17-2)15(11)16)21(19,20)18-7-6-12-4-3-5-12/h8-9,12,17-18H,3-7,10H2,1-2H3. The first-order valence-electron chi connectivity index (χ1n) is 7.37. The normalized spacial score (nSPS) is 16.0. The molecule has 4 nitrogen and oxygen atoms in total. The smallest absolute Gasteiger partial charge is 0.240 e. The van der Waals surface area contributed by atoms with E-state index in [-0.39, 0.29) is 10.7 Å². The fourth-order valence-corrected chi connectivity index (χ4v) is 3.73. The fourth-order valence-electron chi connectivity index (χ4n) is 2.54. The summed E-state index contributed by atoms with van der Waals surface area (Å²) in [4.78, 5) is 0.139. The largest absolute Gasteiger partial charge is 0.316 e. The molecule has 1 aliphatic carbocycles. The van der Waals surface area contributed by atoms with Crippen molar-refractivity contribution in [3.8, 4) is 0 Å². The summed E-state index contributed by atoms with van der Waals surface area (Å²) in [5.41, 5.74) is 0.721. The molecule has 21 heavy (non-hydrogen) atoms. The van der Waals surface area contributed by atoms with E-state index in [1.165, 1.54) is 31.4 Å². The molecular weight excluding hydrogens is 291 g/mol. The van der Waals surface area contributed by atoms with E-state index >= 15 is 0 Å². The molecule has 1 aromatic rings. The van der Waals surface area contributed by atoms with Gasteiger partial charge < -0.3 is 5.32 Å². The van der Waals surface area contributed by atoms with Gasteiger partial charge in [0.2, 0.25) is 10.0 Å². The third-order valence-corrected chi connectivity index (χ3v) is 5.49. The average Bonchev–Trinajstić information content (AvgIpc) is 2.37. The van der Waals surface area contributed by atoms with Crippen LogP contribution in [0, 0.1) is 18.7 Å². The SMILES string of the molecule is CNCc1cc(S(=O)(=O)NCCC2CCC2)cc(C)c1F. The van der Waals surface area contributed by atoms with Gasteiger partial charge in [0.15, 0.2) is 0 Å². The van der Waals surface area contributed by atoms with Crippen molar-refractivity contribution in [3.05, 3.63) is 29.1 Å². The third kappa shape index (κ3) is 4.02. The number of benzene rings is 1. The zero-order valence-electron chi connectivity index (χ0n) is 12.6. The molecule has 2 rings (SSSR count). The Morgan fingerprint density at radius 3 is 2.62 bits per heavy atom. The van der Waals surface area contributed by atoms with E-state index in [2.05, 4.69) is 10.0 Å². The minimum atomic E-state index is -3.56. The van der Waals surface area contributed by atoms with E-state index in [1.54, 1.807) is 14.0 Å². The van der Waals surface area contributed by atoms with Gasteiger partial charge in [0.25, 0.3) is 0 Å². The highest BCUT2D eigenvalue weighted by Crippen LogP contribution is 2.29. The second-order valence-electron chi connectivity index (χ2n) is 5.73. The van der Waals surface area contributed by atoms with Crippen LogP contribution < -0.4 is 10.0 Å². The minimum absolute atomic E-state index is 0.139. The summed E-state index contributed by atoms with van der Waals surface area (Å²) in [6, 6.07) is 2.80. The number of sulfonamides is 1. The van der Waals surface area contributed by atoms with Crippen molar-refractivity contribution in [1.82, 2.24) is 10.0 Å². The Morgan fingerprint density at radius 2 is 2.05 bits per heavy atom. The summed E-state index contributed by atoms with van der Waals surface area (Å²) in [6.07, 6.45) is 4.53. The highest BCUT2D eigenvalue weighted by Gasteiger charge is 2.20. The van der Waals surface area contributed by atoms with E-state index < -0.39 is 10.0 Å². The molecule has 118 valence electrons. The molecule has 1 saturated carbocycles. The van der Waals surface area contributed by atoms with E-state index in [9.17, 15) is 12.8 Å². The first-order valence-corrected chi connectivity index (χ1v) is 8.85. The Balaban J connectivity index is 2.10. The van der Waals surface area contributed by atoms with Crippen LogP contribution in [-0.4, -0.2) is 22.0 Å². The second-order valence-corrected chi connectivity index (χ2v) is 7.49. The Morgan fingerprint density at radius 1 is 1.33 bits per heavy atom. The molecule has 1 aliphatic rings. The number of halogens is 1. The molecule has 0 unspecified atom stereocenters. The lowest BCUT2D eigenvalue weighted by molar-refractivity contribution is 0.297. The van der Waals surface area contributed by atoms with Gasteiger partial charge in [0.1, 0.15) is 5.82 Å². The summed E-state index contributed by atoms with van der Waals surface area (Å²) < 4.78 is 41.1. The van der Waals surface area contributed by atoms with Gasteiger partial charge >= 0.3 is 0 Å². The predicted molar refractivity (Wildman–Crippen MR) is 81.0 cm³/mol. The molecule has 0 atom stereocenters. The minimum Gasteiger partial charge on any atom is -0.316 e. The van der Waals surface area contributed by atoms with Gasteiger partial charge in [0.05, 0.1) is 4.90 Å². The first kappa shape index (κ1) is 16.4. The maximum atomic E-state index is 13.9. The van der Waals surface area contributed by atoms with Crippen LogP contribution in [0.1, 0.15) is 36.8 Å². The quantitative estimate of drug-likeness (QED) is 0.812. The maximum Gasteiger partial charge on any atom is 0.240 e. The molecule has 6 heteroatoms. The number of rotatable bonds is 7. The molecule has 0 aromatic heterocycles. The van der Waals surface area contributed by atoms with Gasteiger partial charge in [0, 0.05) is 18.7 Å². The summed E-state index contributed by atoms with van der Waals surface area (Å²) in [7, 11) is -1.86. The van der Waals surface area contributed by atoms with Crippen molar-refractivity contribution in [3.63, 3.8) is 0 Å². The zero-order chi connectivity index (χ0) is 15.5. The van der Waals surface area contributed by atoms with Gasteiger partial charge in [-0.1, -0.05) is 19.3 Å². The number of nitrogens with one attached hydrogen (secondary N) is 2. The Labute approximate surface area is 126 Å². The summed E-state index contributed by atoms with van der Waals surface area (Å²) in [6.45, 7) is 2.34. The Kier molecular flexibility index (Phi) is 5.35. The molecule has 0 radical (unpaired) electrons. The fraction of sp³-hybridized carbons (Fsp3) is 0.600. The van der Waals surface area contributed by atoms with Crippen LogP contribution in [0.15, 0.2) is 17.0 Å². The van der Waals surface area contributed by atoms with Gasteiger partial charge in [-0.3, -0.25) is 0 Å². The van der Waals surface area contributed by atoms with Crippen LogP contribution in [-0.2, 0) is 16.6 Å². The Bertz CT molecular complexity index is 598. The molecule has 0 amide bonds. The van der Waals surface area contributed by atoms with Gasteiger partial charge in [-0.2, -0.15) is 0 Å². The third-order valence-electron chi connectivity index (χ3n) is 4.05. The topological polar surface area (TPSA) is 58.2 Å². The lowest BCUT2D eigenvalue weighted by Crippen LogP contribution is -2.28. The lowest BCUT2D eigenvalue weighted by Gasteiger charge is -2.25. The van der Waals surface area contributed by atoms with Crippen molar-refractivity contribution in [2.45, 2.75) is 44.0 Å². The first-order chi connectivity index (χ1) is 9.94. The van der Waals surface area contributed by atoms with E-state index in [0.29, 0.717) is 30.1 Å². The molecule has 0 heterocycles. The predicted octanol–water partition coefficient (Wildman–Crippen LogP) is 2.32. The summed E-state index contributed by atoms with van der Waals surface area (Å²) in [5.74, 6) is 0.306. The van der Waals surface area contributed by atoms with Crippen molar-refractivity contribution in [2.24, 2.45) is 5.92 Å². The van der Waals surface area contributed by atoms with Crippen LogP contribution in [0.5, 0.6) is 0 Å². The van der Waals surface area contributed by atoms with Gasteiger partial charge in [-0.05, 0) is 44.0 Å². The summed E-state index contributed by atoms with van der Waals surface area (Å²) >= 11 is 0. The van der Waals surface area contributed by atoms with Crippen molar-refractivity contribution < 1.29 is 12.8 Å². The highest BCUT2D eigenvalue weighted by atomic mass is 32.2. The molecule has 1 aromatic carbocycles.